The number of hydrogen-bond acceptors (Lipinski definition) is 4. The van der Waals surface area contributed by atoms with Gasteiger partial charge in [-0.1, -0.05) is 60.1 Å². The van der Waals surface area contributed by atoms with Crippen LogP contribution in [0.3, 0.4) is 0 Å². The smallest absolute Gasteiger partial charge is 0.0863 e. The summed E-state index contributed by atoms with van der Waals surface area (Å²) in [5, 5.41) is 43.6. The normalized spacial score (nSPS) is 58.6. The first-order chi connectivity index (χ1) is 15.6. The van der Waals surface area contributed by atoms with Crippen LogP contribution in [0.1, 0.15) is 99.8 Å². The average molecular weight is 475 g/mol. The van der Waals surface area contributed by atoms with Gasteiger partial charge < -0.3 is 20.4 Å². The van der Waals surface area contributed by atoms with E-state index in [0.717, 1.165) is 51.4 Å². The Labute approximate surface area is 207 Å². The lowest BCUT2D eigenvalue weighted by Crippen LogP contribution is -2.67. The third kappa shape index (κ3) is 2.81. The van der Waals surface area contributed by atoms with E-state index in [-0.39, 0.29) is 33.7 Å². The van der Waals surface area contributed by atoms with Crippen molar-refractivity contribution < 1.29 is 20.4 Å². The third-order valence-corrected chi connectivity index (χ3v) is 13.5. The fourth-order valence-electron chi connectivity index (χ4n) is 10.7. The molecular formula is C30H50O4. The highest BCUT2D eigenvalue weighted by Crippen LogP contribution is 2.75. The summed E-state index contributed by atoms with van der Waals surface area (Å²) < 4.78 is 0. The van der Waals surface area contributed by atoms with Crippen molar-refractivity contribution in [1.82, 2.24) is 0 Å². The fraction of sp³-hybridized carbons (Fsp3) is 0.933. The summed E-state index contributed by atoms with van der Waals surface area (Å²) in [6.45, 7) is 16.2. The van der Waals surface area contributed by atoms with Crippen LogP contribution in [0.2, 0.25) is 0 Å². The second-order valence-corrected chi connectivity index (χ2v) is 15.2. The lowest BCUT2D eigenvalue weighted by Gasteiger charge is -2.72. The zero-order chi connectivity index (χ0) is 25.1. The van der Waals surface area contributed by atoms with Crippen LogP contribution in [0.25, 0.3) is 0 Å². The largest absolute Gasteiger partial charge is 0.396 e. The summed E-state index contributed by atoms with van der Waals surface area (Å²) in [6.07, 6.45) is 8.79. The number of rotatable bonds is 1. The molecule has 0 saturated heterocycles. The highest BCUT2D eigenvalue weighted by molar-refractivity contribution is 5.34. The maximum absolute atomic E-state index is 11.3. The SMILES string of the molecule is CC1(C)CC2C3=CCC4C5(C)CCC(O)[C@](C)(CO)[C@@H]5CCC4(C)[C@]3(C)CCC2(C)C(O)C1O. The minimum absolute atomic E-state index is 0.0614. The average Bonchev–Trinajstić information content (AvgIpc) is 2.77. The zero-order valence-corrected chi connectivity index (χ0v) is 22.7. The van der Waals surface area contributed by atoms with Gasteiger partial charge in [0.25, 0.3) is 0 Å². The third-order valence-electron chi connectivity index (χ3n) is 13.5. The Morgan fingerprint density at radius 1 is 0.794 bits per heavy atom. The molecule has 0 aromatic carbocycles. The number of aliphatic hydroxyl groups is 4. The molecule has 0 amide bonds. The van der Waals surface area contributed by atoms with E-state index < -0.39 is 23.7 Å². The van der Waals surface area contributed by atoms with E-state index in [1.807, 2.05) is 0 Å². The predicted molar refractivity (Wildman–Crippen MR) is 135 cm³/mol. The van der Waals surface area contributed by atoms with Gasteiger partial charge in [0.15, 0.2) is 0 Å². The molecule has 8 unspecified atom stereocenters. The molecule has 0 aliphatic heterocycles. The van der Waals surface area contributed by atoms with E-state index in [2.05, 4.69) is 54.5 Å². The minimum Gasteiger partial charge on any atom is -0.396 e. The first-order valence-corrected chi connectivity index (χ1v) is 14.0. The number of fused-ring (bicyclic) bond motifs is 7. The van der Waals surface area contributed by atoms with Gasteiger partial charge in [-0.25, -0.2) is 0 Å². The Kier molecular flexibility index (Phi) is 5.44. The van der Waals surface area contributed by atoms with Crippen LogP contribution in [-0.4, -0.2) is 45.3 Å². The van der Waals surface area contributed by atoms with Crippen molar-refractivity contribution in [2.75, 3.05) is 6.61 Å². The number of hydrogen-bond donors (Lipinski definition) is 4. The van der Waals surface area contributed by atoms with Crippen LogP contribution in [-0.2, 0) is 0 Å². The lowest BCUT2D eigenvalue weighted by atomic mass is 9.33. The Balaban J connectivity index is 1.58. The number of allylic oxidation sites excluding steroid dienone is 2. The van der Waals surface area contributed by atoms with Crippen LogP contribution in [0.15, 0.2) is 11.6 Å². The maximum atomic E-state index is 11.3. The van der Waals surface area contributed by atoms with E-state index in [4.69, 9.17) is 0 Å². The Bertz CT molecular complexity index is 881. The van der Waals surface area contributed by atoms with Gasteiger partial charge in [-0.2, -0.15) is 0 Å². The van der Waals surface area contributed by atoms with Crippen LogP contribution in [0, 0.1) is 50.2 Å². The summed E-state index contributed by atoms with van der Waals surface area (Å²) in [6, 6.07) is 0. The molecule has 0 aromatic rings. The van der Waals surface area contributed by atoms with E-state index in [9.17, 15) is 20.4 Å². The second-order valence-electron chi connectivity index (χ2n) is 15.2. The summed E-state index contributed by atoms with van der Waals surface area (Å²) >= 11 is 0. The van der Waals surface area contributed by atoms with Crippen molar-refractivity contribution >= 4 is 0 Å². The Hall–Kier alpha value is -0.420. The van der Waals surface area contributed by atoms with Crippen molar-refractivity contribution in [3.05, 3.63) is 11.6 Å². The molecule has 5 aliphatic carbocycles. The van der Waals surface area contributed by atoms with Gasteiger partial charge in [0.1, 0.15) is 0 Å². The summed E-state index contributed by atoms with van der Waals surface area (Å²) in [4.78, 5) is 0. The highest BCUT2D eigenvalue weighted by atomic mass is 16.3. The maximum Gasteiger partial charge on any atom is 0.0863 e. The van der Waals surface area contributed by atoms with Gasteiger partial charge in [0.2, 0.25) is 0 Å². The molecule has 4 heteroatoms. The van der Waals surface area contributed by atoms with Gasteiger partial charge in [0, 0.05) is 10.8 Å². The molecule has 0 heterocycles. The predicted octanol–water partition coefficient (Wildman–Crippen LogP) is 5.08. The second kappa shape index (κ2) is 7.33. The molecule has 34 heavy (non-hydrogen) atoms. The molecule has 0 bridgehead atoms. The molecular weight excluding hydrogens is 424 g/mol. The van der Waals surface area contributed by atoms with E-state index in [1.54, 1.807) is 5.57 Å². The van der Waals surface area contributed by atoms with E-state index >= 15 is 0 Å². The van der Waals surface area contributed by atoms with Gasteiger partial charge in [0.05, 0.1) is 24.9 Å². The highest BCUT2D eigenvalue weighted by Gasteiger charge is 2.69. The molecule has 4 nitrogen and oxygen atoms in total. The van der Waals surface area contributed by atoms with Gasteiger partial charge in [-0.05, 0) is 90.8 Å². The number of aliphatic hydroxyl groups excluding tert-OH is 4. The van der Waals surface area contributed by atoms with Gasteiger partial charge in [-0.15, -0.1) is 0 Å². The van der Waals surface area contributed by atoms with Crippen LogP contribution < -0.4 is 0 Å². The van der Waals surface area contributed by atoms with Crippen molar-refractivity contribution in [3.8, 4) is 0 Å². The molecule has 0 radical (unpaired) electrons. The standard InChI is InChI=1S/C30H50O4/c1-25(2)16-19-18-8-9-21-27(4)12-11-22(32)28(5,17-31)20(27)10-13-30(21,7)29(18,6)15-14-26(19,3)24(34)23(25)33/h8,19-24,31-34H,9-17H2,1-7H3/t19?,20-,21?,22?,23?,24?,26?,27?,28-,29-,30?/m1/s1. The fourth-order valence-corrected chi connectivity index (χ4v) is 10.7. The quantitative estimate of drug-likeness (QED) is 0.399. The molecule has 194 valence electrons. The Morgan fingerprint density at radius 3 is 2.12 bits per heavy atom. The van der Waals surface area contributed by atoms with E-state index in [0.29, 0.717) is 17.8 Å². The minimum atomic E-state index is -0.685. The zero-order valence-electron chi connectivity index (χ0n) is 22.7. The van der Waals surface area contributed by atoms with Crippen molar-refractivity contribution in [3.63, 3.8) is 0 Å². The van der Waals surface area contributed by atoms with Crippen LogP contribution in [0.4, 0.5) is 0 Å². The Morgan fingerprint density at radius 2 is 1.47 bits per heavy atom. The summed E-state index contributed by atoms with van der Waals surface area (Å²) in [5.41, 5.74) is 0.920. The molecule has 5 aliphatic rings. The molecule has 0 spiro atoms. The monoisotopic (exact) mass is 474 g/mol. The van der Waals surface area contributed by atoms with E-state index in [1.165, 1.54) is 0 Å². The summed E-state index contributed by atoms with van der Waals surface area (Å²) in [5.74, 6) is 1.17. The summed E-state index contributed by atoms with van der Waals surface area (Å²) in [7, 11) is 0. The molecule has 5 rings (SSSR count). The molecule has 0 aromatic heterocycles. The van der Waals surface area contributed by atoms with Crippen molar-refractivity contribution in [2.24, 2.45) is 50.2 Å². The first-order valence-electron chi connectivity index (χ1n) is 14.0. The van der Waals surface area contributed by atoms with Crippen LogP contribution in [0.5, 0.6) is 0 Å². The van der Waals surface area contributed by atoms with Crippen molar-refractivity contribution in [2.45, 2.75) is 118 Å². The molecule has 11 atom stereocenters. The van der Waals surface area contributed by atoms with Crippen molar-refractivity contribution in [1.29, 1.82) is 0 Å². The first kappa shape index (κ1) is 25.2. The van der Waals surface area contributed by atoms with Crippen LogP contribution >= 0.6 is 0 Å². The van der Waals surface area contributed by atoms with Gasteiger partial charge in [-0.3, -0.25) is 0 Å². The van der Waals surface area contributed by atoms with Gasteiger partial charge >= 0.3 is 0 Å². The molecule has 4 fully saturated rings. The topological polar surface area (TPSA) is 80.9 Å². The lowest BCUT2D eigenvalue weighted by molar-refractivity contribution is -0.225. The molecule has 4 N–H and O–H groups in total. The molecule has 4 saturated carbocycles.